The molecule has 1 aromatic heterocycles. The molecule has 1 N–H and O–H groups in total. The number of benzene rings is 1. The van der Waals surface area contributed by atoms with Gasteiger partial charge in [0.05, 0.1) is 33.0 Å². The zero-order valence-corrected chi connectivity index (χ0v) is 13.2. The molecule has 0 aliphatic carbocycles. The highest BCUT2D eigenvalue weighted by atomic mass is 35.5. The first-order chi connectivity index (χ1) is 9.68. The summed E-state index contributed by atoms with van der Waals surface area (Å²) in [5.41, 5.74) is 0.585. The van der Waals surface area contributed by atoms with Gasteiger partial charge in [0.15, 0.2) is 0 Å². The molecule has 1 atom stereocenters. The summed E-state index contributed by atoms with van der Waals surface area (Å²) < 4.78 is 37.8. The lowest BCUT2D eigenvalue weighted by atomic mass is 10.1. The number of anilines is 1. The van der Waals surface area contributed by atoms with Gasteiger partial charge in [-0.1, -0.05) is 11.6 Å². The third-order valence-electron chi connectivity index (χ3n) is 3.02. The molecule has 0 spiro atoms. The molecule has 0 aliphatic rings. The molecule has 1 heterocycles. The van der Waals surface area contributed by atoms with Crippen molar-refractivity contribution in [2.24, 2.45) is 0 Å². The number of hydrogen-bond donors (Lipinski definition) is 1. The molecule has 0 aliphatic heterocycles. The third kappa shape index (κ3) is 3.68. The lowest BCUT2D eigenvalue weighted by Gasteiger charge is -2.16. The number of aromatic nitrogens is 1. The Hall–Kier alpha value is -1.27. The van der Waals surface area contributed by atoms with Crippen LogP contribution in [0.25, 0.3) is 0 Å². The van der Waals surface area contributed by atoms with Crippen LogP contribution in [0.1, 0.15) is 34.1 Å². The summed E-state index contributed by atoms with van der Waals surface area (Å²) in [7, 11) is 0. The second-order valence-electron chi connectivity index (χ2n) is 4.73. The van der Waals surface area contributed by atoms with Crippen LogP contribution in [0.5, 0.6) is 0 Å². The van der Waals surface area contributed by atoms with Gasteiger partial charge in [0, 0.05) is 4.88 Å². The normalized spacial score (nSPS) is 13.3. The van der Waals surface area contributed by atoms with Crippen molar-refractivity contribution in [1.29, 1.82) is 0 Å². The minimum Gasteiger partial charge on any atom is -0.376 e. The van der Waals surface area contributed by atoms with E-state index in [1.54, 1.807) is 11.3 Å². The van der Waals surface area contributed by atoms with Crippen molar-refractivity contribution in [3.63, 3.8) is 0 Å². The fourth-order valence-electron chi connectivity index (χ4n) is 2.06. The molecule has 114 valence electrons. The molecule has 2 aromatic rings. The van der Waals surface area contributed by atoms with Crippen molar-refractivity contribution < 1.29 is 13.2 Å². The van der Waals surface area contributed by atoms with Gasteiger partial charge in [-0.2, -0.15) is 13.2 Å². The lowest BCUT2D eigenvalue weighted by Crippen LogP contribution is -2.10. The summed E-state index contributed by atoms with van der Waals surface area (Å²) in [6, 6.07) is 3.15. The number of alkyl halides is 3. The molecule has 21 heavy (non-hydrogen) atoms. The Morgan fingerprint density at radius 2 is 1.95 bits per heavy atom. The zero-order chi connectivity index (χ0) is 15.8. The van der Waals surface area contributed by atoms with Crippen LogP contribution >= 0.6 is 22.9 Å². The second-order valence-corrected chi connectivity index (χ2v) is 6.55. The van der Waals surface area contributed by atoms with Crippen molar-refractivity contribution in [2.45, 2.75) is 33.0 Å². The van der Waals surface area contributed by atoms with Crippen LogP contribution in [0.15, 0.2) is 18.2 Å². The van der Waals surface area contributed by atoms with Crippen LogP contribution in [0, 0.1) is 13.8 Å². The maximum Gasteiger partial charge on any atom is 0.416 e. The van der Waals surface area contributed by atoms with E-state index in [4.69, 9.17) is 11.6 Å². The van der Waals surface area contributed by atoms with Crippen molar-refractivity contribution in [3.05, 3.63) is 44.4 Å². The first kappa shape index (κ1) is 16.1. The highest BCUT2D eigenvalue weighted by Gasteiger charge is 2.31. The predicted molar refractivity (Wildman–Crippen MR) is 80.1 cm³/mol. The molecule has 2 nitrogen and oxygen atoms in total. The maximum atomic E-state index is 12.6. The highest BCUT2D eigenvalue weighted by Crippen LogP contribution is 2.35. The number of aryl methyl sites for hydroxylation is 2. The average Bonchev–Trinajstić information content (AvgIpc) is 2.69. The number of halogens is 4. The number of rotatable bonds is 3. The van der Waals surface area contributed by atoms with E-state index in [0.717, 1.165) is 27.7 Å². The topological polar surface area (TPSA) is 24.9 Å². The average molecular weight is 335 g/mol. The molecule has 7 heteroatoms. The van der Waals surface area contributed by atoms with Crippen LogP contribution in [0.2, 0.25) is 5.02 Å². The van der Waals surface area contributed by atoms with Gasteiger partial charge in [-0.3, -0.25) is 0 Å². The molecule has 0 radical (unpaired) electrons. The van der Waals surface area contributed by atoms with Crippen LogP contribution in [0.3, 0.4) is 0 Å². The smallest absolute Gasteiger partial charge is 0.376 e. The molecular weight excluding hydrogens is 321 g/mol. The van der Waals surface area contributed by atoms with Gasteiger partial charge in [-0.25, -0.2) is 4.98 Å². The summed E-state index contributed by atoms with van der Waals surface area (Å²) in [4.78, 5) is 5.50. The van der Waals surface area contributed by atoms with Gasteiger partial charge < -0.3 is 5.32 Å². The van der Waals surface area contributed by atoms with E-state index in [-0.39, 0.29) is 11.1 Å². The first-order valence-electron chi connectivity index (χ1n) is 6.25. The Morgan fingerprint density at radius 3 is 2.43 bits per heavy atom. The SMILES string of the molecule is Cc1nc(C(C)Nc2ccc(C(F)(F)F)cc2Cl)c(C)s1. The third-order valence-corrected chi connectivity index (χ3v) is 4.23. The molecule has 0 amide bonds. The largest absolute Gasteiger partial charge is 0.416 e. The molecular formula is C14H14ClF3N2S. The molecule has 0 saturated heterocycles. The summed E-state index contributed by atoms with van der Waals surface area (Å²) in [5.74, 6) is 0. The Morgan fingerprint density at radius 1 is 1.29 bits per heavy atom. The van der Waals surface area contributed by atoms with Gasteiger partial charge >= 0.3 is 6.18 Å². The second kappa shape index (κ2) is 5.85. The highest BCUT2D eigenvalue weighted by molar-refractivity contribution is 7.11. The standard InChI is InChI=1S/C14H14ClF3N2S/c1-7(13-8(2)21-9(3)20-13)19-12-5-4-10(6-11(12)15)14(16,17)18/h4-7,19H,1-3H3. The lowest BCUT2D eigenvalue weighted by molar-refractivity contribution is -0.137. The maximum absolute atomic E-state index is 12.6. The summed E-state index contributed by atoms with van der Waals surface area (Å²) in [6.07, 6.45) is -4.39. The van der Waals surface area contributed by atoms with E-state index in [2.05, 4.69) is 10.3 Å². The Kier molecular flexibility index (Phi) is 4.49. The molecule has 2 rings (SSSR count). The minimum atomic E-state index is -4.39. The van der Waals surface area contributed by atoms with E-state index in [9.17, 15) is 13.2 Å². The number of nitrogens with one attached hydrogen (secondary N) is 1. The van der Waals surface area contributed by atoms with Crippen LogP contribution < -0.4 is 5.32 Å². The zero-order valence-electron chi connectivity index (χ0n) is 11.7. The van der Waals surface area contributed by atoms with E-state index >= 15 is 0 Å². The number of hydrogen-bond acceptors (Lipinski definition) is 3. The van der Waals surface area contributed by atoms with Crippen LogP contribution in [-0.4, -0.2) is 4.98 Å². The monoisotopic (exact) mass is 334 g/mol. The Labute approximate surface area is 130 Å². The molecule has 0 fully saturated rings. The minimum absolute atomic E-state index is 0.0429. The number of nitrogens with zero attached hydrogens (tertiary/aromatic N) is 1. The van der Waals surface area contributed by atoms with Crippen LogP contribution in [0.4, 0.5) is 18.9 Å². The molecule has 1 unspecified atom stereocenters. The van der Waals surface area contributed by atoms with Crippen molar-refractivity contribution in [3.8, 4) is 0 Å². The molecule has 0 bridgehead atoms. The Balaban J connectivity index is 2.22. The van der Waals surface area contributed by atoms with Crippen molar-refractivity contribution in [1.82, 2.24) is 4.98 Å². The van der Waals surface area contributed by atoms with E-state index in [1.165, 1.54) is 6.07 Å². The van der Waals surface area contributed by atoms with E-state index < -0.39 is 11.7 Å². The van der Waals surface area contributed by atoms with Gasteiger partial charge in [-0.15, -0.1) is 11.3 Å². The summed E-state index contributed by atoms with van der Waals surface area (Å²) in [5, 5.41) is 4.10. The number of thiazole rings is 1. The quantitative estimate of drug-likeness (QED) is 0.789. The summed E-state index contributed by atoms with van der Waals surface area (Å²) >= 11 is 7.52. The first-order valence-corrected chi connectivity index (χ1v) is 7.45. The fourth-order valence-corrected chi connectivity index (χ4v) is 3.21. The van der Waals surface area contributed by atoms with Gasteiger partial charge in [0.2, 0.25) is 0 Å². The van der Waals surface area contributed by atoms with Gasteiger partial charge in [0.25, 0.3) is 0 Å². The molecule has 1 aromatic carbocycles. The van der Waals surface area contributed by atoms with E-state index in [0.29, 0.717) is 5.69 Å². The van der Waals surface area contributed by atoms with Crippen LogP contribution in [-0.2, 0) is 6.18 Å². The van der Waals surface area contributed by atoms with Gasteiger partial charge in [0.1, 0.15) is 0 Å². The van der Waals surface area contributed by atoms with E-state index in [1.807, 2.05) is 20.8 Å². The summed E-state index contributed by atoms with van der Waals surface area (Å²) in [6.45, 7) is 5.78. The van der Waals surface area contributed by atoms with Gasteiger partial charge in [-0.05, 0) is 39.0 Å². The van der Waals surface area contributed by atoms with Crippen molar-refractivity contribution in [2.75, 3.05) is 5.32 Å². The fraction of sp³-hybridized carbons (Fsp3) is 0.357. The predicted octanol–water partition coefficient (Wildman–Crippen LogP) is 5.61. The van der Waals surface area contributed by atoms with Crippen molar-refractivity contribution >= 4 is 28.6 Å². The molecule has 0 saturated carbocycles. The Bertz CT molecular complexity index is 652.